The van der Waals surface area contributed by atoms with E-state index in [2.05, 4.69) is 31.7 Å². The number of hydrogen-bond acceptors (Lipinski definition) is 4. The quantitative estimate of drug-likeness (QED) is 0.924. The largest absolute Gasteiger partial charge is 0.351 e. The lowest BCUT2D eigenvalue weighted by atomic mass is 10.0. The van der Waals surface area contributed by atoms with Crippen LogP contribution in [0.2, 0.25) is 0 Å². The van der Waals surface area contributed by atoms with E-state index >= 15 is 0 Å². The van der Waals surface area contributed by atoms with Crippen molar-refractivity contribution in [1.29, 1.82) is 0 Å². The summed E-state index contributed by atoms with van der Waals surface area (Å²) >= 11 is 0. The zero-order valence-corrected chi connectivity index (χ0v) is 12.3. The van der Waals surface area contributed by atoms with Crippen molar-refractivity contribution in [3.8, 4) is 0 Å². The number of nitrogens with zero attached hydrogens (tertiary/aromatic N) is 4. The third-order valence-electron chi connectivity index (χ3n) is 4.15. The second kappa shape index (κ2) is 5.79. The van der Waals surface area contributed by atoms with Crippen LogP contribution in [0.3, 0.4) is 0 Å². The van der Waals surface area contributed by atoms with Crippen LogP contribution in [0, 0.1) is 0 Å². The highest BCUT2D eigenvalue weighted by atomic mass is 15.2. The Balaban J connectivity index is 1.95. The molecule has 3 heterocycles. The molecule has 2 aromatic heterocycles. The second-order valence-electron chi connectivity index (χ2n) is 5.51. The van der Waals surface area contributed by atoms with Gasteiger partial charge in [-0.05, 0) is 31.9 Å². The van der Waals surface area contributed by atoms with E-state index in [1.807, 2.05) is 25.6 Å². The highest BCUT2D eigenvalue weighted by Gasteiger charge is 2.25. The summed E-state index contributed by atoms with van der Waals surface area (Å²) < 4.78 is 2.06. The highest BCUT2D eigenvalue weighted by Crippen LogP contribution is 2.28. The van der Waals surface area contributed by atoms with Crippen LogP contribution in [-0.4, -0.2) is 40.2 Å². The lowest BCUT2D eigenvalue weighted by Crippen LogP contribution is -2.46. The fraction of sp³-hybridized carbons (Fsp3) is 0.600. The van der Waals surface area contributed by atoms with Gasteiger partial charge in [-0.25, -0.2) is 9.97 Å². The summed E-state index contributed by atoms with van der Waals surface area (Å²) in [6.07, 6.45) is 7.56. The molecule has 1 N–H and O–H groups in total. The van der Waals surface area contributed by atoms with Gasteiger partial charge in [0, 0.05) is 32.4 Å². The van der Waals surface area contributed by atoms with Gasteiger partial charge in [-0.15, -0.1) is 0 Å². The van der Waals surface area contributed by atoms with E-state index in [1.54, 1.807) is 0 Å². The number of piperidine rings is 1. The van der Waals surface area contributed by atoms with Crippen molar-refractivity contribution in [1.82, 2.24) is 19.9 Å². The number of likely N-dealkylation sites (N-methyl/N-ethyl adjacent to an activating group) is 1. The number of imidazole rings is 1. The Bertz CT molecular complexity index is 577. The molecule has 20 heavy (non-hydrogen) atoms. The van der Waals surface area contributed by atoms with E-state index in [4.69, 9.17) is 0 Å². The average Bonchev–Trinajstić information content (AvgIpc) is 2.87. The van der Waals surface area contributed by atoms with E-state index in [-0.39, 0.29) is 0 Å². The Hall–Kier alpha value is -1.62. The van der Waals surface area contributed by atoms with Crippen molar-refractivity contribution in [3.63, 3.8) is 0 Å². The first-order chi connectivity index (χ1) is 9.81. The van der Waals surface area contributed by atoms with Gasteiger partial charge < -0.3 is 14.8 Å². The van der Waals surface area contributed by atoms with Gasteiger partial charge in [0.25, 0.3) is 0 Å². The van der Waals surface area contributed by atoms with E-state index in [1.165, 1.54) is 19.3 Å². The summed E-state index contributed by atoms with van der Waals surface area (Å²) in [6.45, 7) is 5.29. The number of anilines is 1. The maximum absolute atomic E-state index is 4.62. The first-order valence-corrected chi connectivity index (χ1v) is 7.54. The van der Waals surface area contributed by atoms with Crippen LogP contribution in [0.25, 0.3) is 11.0 Å². The number of aryl methyl sites for hydroxylation is 1. The zero-order chi connectivity index (χ0) is 13.9. The molecule has 0 amide bonds. The molecule has 0 saturated carbocycles. The zero-order valence-electron chi connectivity index (χ0n) is 12.3. The molecule has 0 spiro atoms. The standard InChI is InChI=1S/C15H23N5/c1-3-16-10-12-6-4-5-9-20(12)15-14-13(7-8-17-15)19(2)11-18-14/h7-8,11-12,16H,3-6,9-10H2,1-2H3. The Labute approximate surface area is 120 Å². The lowest BCUT2D eigenvalue weighted by molar-refractivity contribution is 0.437. The second-order valence-corrected chi connectivity index (χ2v) is 5.51. The van der Waals surface area contributed by atoms with Crippen LogP contribution in [0.1, 0.15) is 26.2 Å². The Morgan fingerprint density at radius 1 is 1.35 bits per heavy atom. The number of rotatable bonds is 4. The maximum atomic E-state index is 4.62. The number of pyridine rings is 1. The molecule has 3 rings (SSSR count). The first-order valence-electron chi connectivity index (χ1n) is 7.54. The van der Waals surface area contributed by atoms with Crippen LogP contribution < -0.4 is 10.2 Å². The predicted octanol–water partition coefficient (Wildman–Crippen LogP) is 1.94. The Morgan fingerprint density at radius 2 is 2.25 bits per heavy atom. The third kappa shape index (κ3) is 2.38. The lowest BCUT2D eigenvalue weighted by Gasteiger charge is -2.36. The van der Waals surface area contributed by atoms with E-state index in [0.717, 1.165) is 36.5 Å². The monoisotopic (exact) mass is 273 g/mol. The molecule has 0 aromatic carbocycles. The SMILES string of the molecule is CCNCC1CCCCN1c1nccc2c1ncn2C. The summed E-state index contributed by atoms with van der Waals surface area (Å²) in [7, 11) is 2.03. The summed E-state index contributed by atoms with van der Waals surface area (Å²) in [4.78, 5) is 11.6. The number of hydrogen-bond donors (Lipinski definition) is 1. The van der Waals surface area contributed by atoms with Gasteiger partial charge in [0.15, 0.2) is 5.82 Å². The van der Waals surface area contributed by atoms with Gasteiger partial charge in [-0.1, -0.05) is 6.92 Å². The molecule has 1 atom stereocenters. The van der Waals surface area contributed by atoms with E-state index in [0.29, 0.717) is 6.04 Å². The van der Waals surface area contributed by atoms with Crippen molar-refractivity contribution in [2.45, 2.75) is 32.2 Å². The van der Waals surface area contributed by atoms with Crippen molar-refractivity contribution >= 4 is 16.9 Å². The summed E-state index contributed by atoms with van der Waals surface area (Å²) in [6, 6.07) is 2.57. The number of nitrogens with one attached hydrogen (secondary N) is 1. The molecule has 5 nitrogen and oxygen atoms in total. The summed E-state index contributed by atoms with van der Waals surface area (Å²) in [5.74, 6) is 1.05. The van der Waals surface area contributed by atoms with Crippen molar-refractivity contribution in [2.75, 3.05) is 24.5 Å². The molecule has 1 fully saturated rings. The minimum absolute atomic E-state index is 0.531. The Kier molecular flexibility index (Phi) is 3.87. The van der Waals surface area contributed by atoms with Crippen LogP contribution in [0.4, 0.5) is 5.82 Å². The summed E-state index contributed by atoms with van der Waals surface area (Å²) in [5.41, 5.74) is 2.18. The van der Waals surface area contributed by atoms with Crippen LogP contribution in [-0.2, 0) is 7.05 Å². The normalized spacial score (nSPS) is 19.7. The highest BCUT2D eigenvalue weighted by molar-refractivity contribution is 5.86. The van der Waals surface area contributed by atoms with Crippen molar-refractivity contribution in [2.24, 2.45) is 7.05 Å². The minimum atomic E-state index is 0.531. The molecule has 1 unspecified atom stereocenters. The molecule has 5 heteroatoms. The van der Waals surface area contributed by atoms with E-state index < -0.39 is 0 Å². The van der Waals surface area contributed by atoms with Crippen LogP contribution in [0.5, 0.6) is 0 Å². The maximum Gasteiger partial charge on any atom is 0.157 e. The predicted molar refractivity (Wildman–Crippen MR) is 82.0 cm³/mol. The van der Waals surface area contributed by atoms with Gasteiger partial charge in [-0.2, -0.15) is 0 Å². The first kappa shape index (κ1) is 13.4. The molecule has 1 aliphatic rings. The fourth-order valence-electron chi connectivity index (χ4n) is 3.06. The molecule has 1 saturated heterocycles. The number of fused-ring (bicyclic) bond motifs is 1. The van der Waals surface area contributed by atoms with Crippen molar-refractivity contribution in [3.05, 3.63) is 18.6 Å². The molecular weight excluding hydrogens is 250 g/mol. The fourth-order valence-corrected chi connectivity index (χ4v) is 3.06. The average molecular weight is 273 g/mol. The van der Waals surface area contributed by atoms with Gasteiger partial charge in [-0.3, -0.25) is 0 Å². The van der Waals surface area contributed by atoms with Gasteiger partial charge in [0.1, 0.15) is 5.52 Å². The Morgan fingerprint density at radius 3 is 3.10 bits per heavy atom. The topological polar surface area (TPSA) is 46.0 Å². The molecule has 0 bridgehead atoms. The molecular formula is C15H23N5. The third-order valence-corrected chi connectivity index (χ3v) is 4.15. The molecule has 0 radical (unpaired) electrons. The molecule has 1 aliphatic heterocycles. The van der Waals surface area contributed by atoms with Gasteiger partial charge in [0.2, 0.25) is 0 Å². The van der Waals surface area contributed by atoms with Gasteiger partial charge >= 0.3 is 0 Å². The number of aromatic nitrogens is 3. The molecule has 0 aliphatic carbocycles. The van der Waals surface area contributed by atoms with E-state index in [9.17, 15) is 0 Å². The molecule has 108 valence electrons. The van der Waals surface area contributed by atoms with Crippen LogP contribution >= 0.6 is 0 Å². The summed E-state index contributed by atoms with van der Waals surface area (Å²) in [5, 5.41) is 3.48. The van der Waals surface area contributed by atoms with Crippen LogP contribution in [0.15, 0.2) is 18.6 Å². The minimum Gasteiger partial charge on any atom is -0.351 e. The van der Waals surface area contributed by atoms with Gasteiger partial charge in [0.05, 0.1) is 11.8 Å². The van der Waals surface area contributed by atoms with Crippen molar-refractivity contribution < 1.29 is 0 Å². The smallest absolute Gasteiger partial charge is 0.157 e. The molecule has 2 aromatic rings.